The molecule has 0 radical (unpaired) electrons. The normalized spacial score (nSPS) is 12.5. The minimum Gasteiger partial charge on any atom is -0.206 e. The van der Waals surface area contributed by atoms with Gasteiger partial charge in [-0.05, 0) is 48.6 Å². The summed E-state index contributed by atoms with van der Waals surface area (Å²) in [4.78, 5) is 0. The van der Waals surface area contributed by atoms with E-state index in [2.05, 4.69) is 0 Å². The first-order chi connectivity index (χ1) is 8.91. The van der Waals surface area contributed by atoms with Gasteiger partial charge in [0, 0.05) is 5.02 Å². The van der Waals surface area contributed by atoms with Crippen LogP contribution in [-0.4, -0.2) is 0 Å². The minimum atomic E-state index is -0.370. The first-order valence-electron chi connectivity index (χ1n) is 6.07. The number of hydrogen-bond donors (Lipinski definition) is 0. The van der Waals surface area contributed by atoms with E-state index in [1.165, 1.54) is 0 Å². The fourth-order valence-electron chi connectivity index (χ4n) is 2.17. The standard InChI is InChI=1S/C16H15Cl2F/c1-9-5-4-6-13(14(9)17)15(18)12-7-10(2)16(19)11(3)8-12/h4-8,15H,1-3H3. The number of halogens is 3. The van der Waals surface area contributed by atoms with Crippen LogP contribution in [0, 0.1) is 26.6 Å². The molecule has 0 amide bonds. The zero-order chi connectivity index (χ0) is 14.2. The van der Waals surface area contributed by atoms with E-state index in [0.29, 0.717) is 16.1 Å². The Labute approximate surface area is 123 Å². The molecule has 0 spiro atoms. The van der Waals surface area contributed by atoms with Crippen LogP contribution in [0.1, 0.15) is 33.2 Å². The largest absolute Gasteiger partial charge is 0.206 e. The second-order valence-electron chi connectivity index (χ2n) is 4.81. The van der Waals surface area contributed by atoms with Gasteiger partial charge in [-0.25, -0.2) is 4.39 Å². The average Bonchev–Trinajstić information content (AvgIpc) is 2.38. The maximum absolute atomic E-state index is 13.7. The third kappa shape index (κ3) is 2.77. The van der Waals surface area contributed by atoms with Crippen LogP contribution in [0.15, 0.2) is 30.3 Å². The summed E-state index contributed by atoms with van der Waals surface area (Å²) in [6.45, 7) is 5.43. The van der Waals surface area contributed by atoms with E-state index in [-0.39, 0.29) is 11.2 Å². The van der Waals surface area contributed by atoms with Crippen LogP contribution in [0.5, 0.6) is 0 Å². The van der Waals surface area contributed by atoms with E-state index in [1.54, 1.807) is 26.0 Å². The first kappa shape index (κ1) is 14.4. The van der Waals surface area contributed by atoms with Crippen LogP contribution in [0.25, 0.3) is 0 Å². The number of rotatable bonds is 2. The van der Waals surface area contributed by atoms with Crippen molar-refractivity contribution >= 4 is 23.2 Å². The average molecular weight is 297 g/mol. The van der Waals surface area contributed by atoms with Crippen molar-refractivity contribution in [3.05, 3.63) is 69.0 Å². The molecule has 0 nitrogen and oxygen atoms in total. The van der Waals surface area contributed by atoms with Crippen LogP contribution < -0.4 is 0 Å². The summed E-state index contributed by atoms with van der Waals surface area (Å²) < 4.78 is 13.7. The summed E-state index contributed by atoms with van der Waals surface area (Å²) in [6.07, 6.45) is 0. The predicted molar refractivity (Wildman–Crippen MR) is 79.8 cm³/mol. The van der Waals surface area contributed by atoms with Crippen LogP contribution in [0.3, 0.4) is 0 Å². The van der Waals surface area contributed by atoms with E-state index >= 15 is 0 Å². The third-order valence-corrected chi connectivity index (χ3v) is 4.25. The van der Waals surface area contributed by atoms with Gasteiger partial charge in [-0.15, -0.1) is 11.6 Å². The molecule has 2 rings (SSSR count). The van der Waals surface area contributed by atoms with Crippen molar-refractivity contribution in [1.82, 2.24) is 0 Å². The SMILES string of the molecule is Cc1cc(C(Cl)c2cccc(C)c2Cl)cc(C)c1F. The predicted octanol–water partition coefficient (Wildman–Crippen LogP) is 5.73. The summed E-state index contributed by atoms with van der Waals surface area (Å²) in [5, 5.41) is 0.299. The molecule has 3 heteroatoms. The van der Waals surface area contributed by atoms with Crippen molar-refractivity contribution in [2.24, 2.45) is 0 Å². The second-order valence-corrected chi connectivity index (χ2v) is 5.62. The van der Waals surface area contributed by atoms with E-state index in [1.807, 2.05) is 25.1 Å². The molecular weight excluding hydrogens is 282 g/mol. The lowest BCUT2D eigenvalue weighted by Crippen LogP contribution is -1.99. The summed E-state index contributed by atoms with van der Waals surface area (Å²) in [6, 6.07) is 9.32. The highest BCUT2D eigenvalue weighted by atomic mass is 35.5. The molecule has 0 saturated carbocycles. The van der Waals surface area contributed by atoms with Gasteiger partial charge in [0.25, 0.3) is 0 Å². The third-order valence-electron chi connectivity index (χ3n) is 3.25. The van der Waals surface area contributed by atoms with Crippen LogP contribution in [0.2, 0.25) is 5.02 Å². The van der Waals surface area contributed by atoms with Gasteiger partial charge in [0.15, 0.2) is 0 Å². The molecule has 2 aromatic rings. The molecule has 0 N–H and O–H groups in total. The number of benzene rings is 2. The molecule has 0 saturated heterocycles. The molecule has 0 bridgehead atoms. The fourth-order valence-corrected chi connectivity index (χ4v) is 2.77. The van der Waals surface area contributed by atoms with Gasteiger partial charge in [-0.1, -0.05) is 41.9 Å². The maximum Gasteiger partial charge on any atom is 0.129 e. The zero-order valence-corrected chi connectivity index (χ0v) is 12.6. The number of aryl methyl sites for hydroxylation is 3. The van der Waals surface area contributed by atoms with E-state index in [9.17, 15) is 4.39 Å². The van der Waals surface area contributed by atoms with Gasteiger partial charge in [0.05, 0.1) is 5.38 Å². The molecule has 1 atom stereocenters. The van der Waals surface area contributed by atoms with E-state index in [4.69, 9.17) is 23.2 Å². The molecule has 2 aromatic carbocycles. The smallest absolute Gasteiger partial charge is 0.129 e. The van der Waals surface area contributed by atoms with Gasteiger partial charge < -0.3 is 0 Å². The Bertz CT molecular complexity index is 597. The Morgan fingerprint density at radius 1 is 1.00 bits per heavy atom. The van der Waals surface area contributed by atoms with E-state index < -0.39 is 0 Å². The highest BCUT2D eigenvalue weighted by Crippen LogP contribution is 2.36. The lowest BCUT2D eigenvalue weighted by atomic mass is 9.98. The maximum atomic E-state index is 13.7. The highest BCUT2D eigenvalue weighted by Gasteiger charge is 2.17. The molecule has 19 heavy (non-hydrogen) atoms. The Morgan fingerprint density at radius 3 is 2.16 bits per heavy atom. The quantitative estimate of drug-likeness (QED) is 0.621. The van der Waals surface area contributed by atoms with Gasteiger partial charge in [0.2, 0.25) is 0 Å². The molecule has 0 aliphatic carbocycles. The summed E-state index contributed by atoms with van der Waals surface area (Å²) in [7, 11) is 0. The molecule has 0 aliphatic heterocycles. The lowest BCUT2D eigenvalue weighted by molar-refractivity contribution is 0.608. The van der Waals surface area contributed by atoms with Crippen molar-refractivity contribution in [1.29, 1.82) is 0 Å². The molecule has 0 heterocycles. The van der Waals surface area contributed by atoms with Gasteiger partial charge in [-0.2, -0.15) is 0 Å². The van der Waals surface area contributed by atoms with Gasteiger partial charge in [-0.3, -0.25) is 0 Å². The Balaban J connectivity index is 2.50. The Kier molecular flexibility index (Phi) is 4.17. The molecule has 100 valence electrons. The topological polar surface area (TPSA) is 0 Å². The molecule has 1 unspecified atom stereocenters. The van der Waals surface area contributed by atoms with Crippen molar-refractivity contribution in [3.63, 3.8) is 0 Å². The molecule has 0 fully saturated rings. The van der Waals surface area contributed by atoms with Gasteiger partial charge >= 0.3 is 0 Å². The van der Waals surface area contributed by atoms with Crippen molar-refractivity contribution < 1.29 is 4.39 Å². The lowest BCUT2D eigenvalue weighted by Gasteiger charge is -2.15. The first-order valence-corrected chi connectivity index (χ1v) is 6.89. The monoisotopic (exact) mass is 296 g/mol. The van der Waals surface area contributed by atoms with Crippen LogP contribution in [-0.2, 0) is 0 Å². The summed E-state index contributed by atoms with van der Waals surface area (Å²) in [5.74, 6) is -0.178. The Morgan fingerprint density at radius 2 is 1.58 bits per heavy atom. The summed E-state index contributed by atoms with van der Waals surface area (Å²) in [5.41, 5.74) is 3.91. The minimum absolute atomic E-state index is 0.178. The van der Waals surface area contributed by atoms with Crippen molar-refractivity contribution in [3.8, 4) is 0 Å². The molecular formula is C16H15Cl2F. The van der Waals surface area contributed by atoms with Crippen LogP contribution in [0.4, 0.5) is 4.39 Å². The second kappa shape index (κ2) is 5.52. The van der Waals surface area contributed by atoms with Crippen molar-refractivity contribution in [2.75, 3.05) is 0 Å². The fraction of sp³-hybridized carbons (Fsp3) is 0.250. The van der Waals surface area contributed by atoms with Gasteiger partial charge in [0.1, 0.15) is 5.82 Å². The van der Waals surface area contributed by atoms with Crippen LogP contribution >= 0.6 is 23.2 Å². The number of alkyl halides is 1. The molecule has 0 aliphatic rings. The number of hydrogen-bond acceptors (Lipinski definition) is 0. The van der Waals surface area contributed by atoms with E-state index in [0.717, 1.165) is 16.7 Å². The highest BCUT2D eigenvalue weighted by molar-refractivity contribution is 6.33. The Hall–Kier alpha value is -1.05. The molecule has 0 aromatic heterocycles. The zero-order valence-electron chi connectivity index (χ0n) is 11.1. The summed E-state index contributed by atoms with van der Waals surface area (Å²) >= 11 is 12.8. The van der Waals surface area contributed by atoms with Crippen molar-refractivity contribution in [2.45, 2.75) is 26.1 Å².